The number of Topliss-reactive ketones (excluding diaryl/α,β-unsaturated/α-hetero) is 1. The number of ketones is 1. The Labute approximate surface area is 126 Å². The minimum absolute atomic E-state index is 0.0654. The van der Waals surface area contributed by atoms with Gasteiger partial charge in [-0.05, 0) is 53.6 Å². The predicted octanol–water partition coefficient (Wildman–Crippen LogP) is 3.56. The van der Waals surface area contributed by atoms with Crippen molar-refractivity contribution in [3.63, 3.8) is 0 Å². The molecule has 0 amide bonds. The van der Waals surface area contributed by atoms with Gasteiger partial charge in [-0.15, -0.1) is 0 Å². The van der Waals surface area contributed by atoms with Crippen molar-refractivity contribution in [2.45, 2.75) is 58.5 Å². The van der Waals surface area contributed by atoms with E-state index >= 15 is 0 Å². The minimum atomic E-state index is -0.531. The number of hydrogen-bond acceptors (Lipinski definition) is 3. The fraction of sp³-hybridized carbons (Fsp3) is 0.733. The van der Waals surface area contributed by atoms with Crippen molar-refractivity contribution < 1.29 is 4.79 Å². The average Bonchev–Trinajstić information content (AvgIpc) is 2.80. The van der Waals surface area contributed by atoms with Crippen LogP contribution in [0.4, 0.5) is 0 Å². The number of piperidine rings is 1. The Hall–Kier alpha value is -0.870. The van der Waals surface area contributed by atoms with Crippen LogP contribution in [-0.2, 0) is 0 Å². The maximum Gasteiger partial charge on any atom is 0.202 e. The van der Waals surface area contributed by atoms with Crippen molar-refractivity contribution in [3.05, 3.63) is 16.9 Å². The first kappa shape index (κ1) is 15.5. The number of rotatable bonds is 4. The highest BCUT2D eigenvalue weighted by Gasteiger charge is 2.38. The second-order valence-corrected chi connectivity index (χ2v) is 6.72. The Kier molecular flexibility index (Phi) is 4.55. The highest BCUT2D eigenvalue weighted by atomic mass is 35.5. The van der Waals surface area contributed by atoms with Crippen LogP contribution in [0.3, 0.4) is 0 Å². The lowest BCUT2D eigenvalue weighted by molar-refractivity contribution is 0.0566. The topological polar surface area (TPSA) is 38.1 Å². The van der Waals surface area contributed by atoms with E-state index in [0.717, 1.165) is 25.9 Å². The van der Waals surface area contributed by atoms with Gasteiger partial charge in [0, 0.05) is 6.04 Å². The summed E-state index contributed by atoms with van der Waals surface area (Å²) in [5.41, 5.74) is 0.00809. The molecule has 0 bridgehead atoms. The average molecular weight is 298 g/mol. The van der Waals surface area contributed by atoms with E-state index < -0.39 is 5.54 Å². The number of carbonyl (C=O) groups is 1. The van der Waals surface area contributed by atoms with Crippen LogP contribution in [0.5, 0.6) is 0 Å². The Morgan fingerprint density at radius 3 is 2.45 bits per heavy atom. The van der Waals surface area contributed by atoms with E-state index in [1.807, 2.05) is 27.7 Å². The van der Waals surface area contributed by atoms with Crippen LogP contribution < -0.4 is 0 Å². The maximum absolute atomic E-state index is 13.0. The highest BCUT2D eigenvalue weighted by Crippen LogP contribution is 2.28. The third-order valence-corrected chi connectivity index (χ3v) is 4.43. The van der Waals surface area contributed by atoms with Crippen molar-refractivity contribution in [3.8, 4) is 0 Å². The van der Waals surface area contributed by atoms with Crippen LogP contribution in [0.2, 0.25) is 5.02 Å². The third-order valence-electron chi connectivity index (χ3n) is 4.16. The standard InChI is InChI=1S/C15H24ClN3O/c1-11(2)19-13(12(16)10-17-19)14(20)15(3,4)18-8-6-5-7-9-18/h10-11H,5-9H2,1-4H3. The summed E-state index contributed by atoms with van der Waals surface area (Å²) in [4.78, 5) is 15.3. The molecule has 0 radical (unpaired) electrons. The van der Waals surface area contributed by atoms with Gasteiger partial charge in [0.25, 0.3) is 0 Å². The molecule has 1 fully saturated rings. The molecule has 0 aromatic carbocycles. The van der Waals surface area contributed by atoms with E-state index in [9.17, 15) is 4.79 Å². The van der Waals surface area contributed by atoms with E-state index in [1.54, 1.807) is 10.9 Å². The molecule has 1 saturated heterocycles. The lowest BCUT2D eigenvalue weighted by Crippen LogP contribution is -2.52. The fourth-order valence-corrected chi connectivity index (χ4v) is 3.05. The van der Waals surface area contributed by atoms with Gasteiger partial charge in [-0.2, -0.15) is 5.10 Å². The smallest absolute Gasteiger partial charge is 0.202 e. The summed E-state index contributed by atoms with van der Waals surface area (Å²) in [6.07, 6.45) is 5.15. The molecular weight excluding hydrogens is 274 g/mol. The molecular formula is C15H24ClN3O. The SMILES string of the molecule is CC(C)n1ncc(Cl)c1C(=O)C(C)(C)N1CCCCC1. The van der Waals surface area contributed by atoms with Gasteiger partial charge in [-0.3, -0.25) is 14.4 Å². The molecule has 0 N–H and O–H groups in total. The minimum Gasteiger partial charge on any atom is -0.291 e. The Morgan fingerprint density at radius 2 is 1.90 bits per heavy atom. The Morgan fingerprint density at radius 1 is 1.30 bits per heavy atom. The molecule has 0 spiro atoms. The van der Waals surface area contributed by atoms with E-state index in [-0.39, 0.29) is 11.8 Å². The van der Waals surface area contributed by atoms with Crippen molar-refractivity contribution >= 4 is 17.4 Å². The number of likely N-dealkylation sites (tertiary alicyclic amines) is 1. The van der Waals surface area contributed by atoms with Gasteiger partial charge in [0.2, 0.25) is 5.78 Å². The highest BCUT2D eigenvalue weighted by molar-refractivity contribution is 6.34. The molecule has 5 heteroatoms. The lowest BCUT2D eigenvalue weighted by Gasteiger charge is -2.39. The number of carbonyl (C=O) groups excluding carboxylic acids is 1. The molecule has 2 heterocycles. The van der Waals surface area contributed by atoms with Crippen LogP contribution in [0.1, 0.15) is 63.5 Å². The maximum atomic E-state index is 13.0. The van der Waals surface area contributed by atoms with Gasteiger partial charge >= 0.3 is 0 Å². The largest absolute Gasteiger partial charge is 0.291 e. The predicted molar refractivity (Wildman–Crippen MR) is 81.5 cm³/mol. The van der Waals surface area contributed by atoms with Crippen molar-refractivity contribution in [1.82, 2.24) is 14.7 Å². The van der Waals surface area contributed by atoms with E-state index in [1.165, 1.54) is 6.42 Å². The summed E-state index contributed by atoms with van der Waals surface area (Å²) in [6.45, 7) is 9.96. The summed E-state index contributed by atoms with van der Waals surface area (Å²) in [7, 11) is 0. The van der Waals surface area contributed by atoms with Crippen LogP contribution in [0.25, 0.3) is 0 Å². The van der Waals surface area contributed by atoms with Gasteiger partial charge in [-0.25, -0.2) is 0 Å². The molecule has 0 aliphatic carbocycles. The first-order valence-corrected chi connectivity index (χ1v) is 7.76. The van der Waals surface area contributed by atoms with Gasteiger partial charge in [0.15, 0.2) is 0 Å². The summed E-state index contributed by atoms with van der Waals surface area (Å²) in [5, 5.41) is 4.69. The van der Waals surface area contributed by atoms with Crippen molar-refractivity contribution in [2.75, 3.05) is 13.1 Å². The molecule has 1 aliphatic rings. The van der Waals surface area contributed by atoms with Gasteiger partial charge in [-0.1, -0.05) is 18.0 Å². The first-order valence-electron chi connectivity index (χ1n) is 7.38. The monoisotopic (exact) mass is 297 g/mol. The van der Waals surface area contributed by atoms with Gasteiger partial charge in [0.1, 0.15) is 5.69 Å². The lowest BCUT2D eigenvalue weighted by atomic mass is 9.91. The summed E-state index contributed by atoms with van der Waals surface area (Å²) >= 11 is 6.21. The quantitative estimate of drug-likeness (QED) is 0.798. The van der Waals surface area contributed by atoms with E-state index in [4.69, 9.17) is 11.6 Å². The van der Waals surface area contributed by atoms with E-state index in [2.05, 4.69) is 10.00 Å². The van der Waals surface area contributed by atoms with Gasteiger partial charge < -0.3 is 0 Å². The second kappa shape index (κ2) is 5.86. The van der Waals surface area contributed by atoms with Crippen molar-refractivity contribution in [1.29, 1.82) is 0 Å². The zero-order valence-corrected chi connectivity index (χ0v) is 13.6. The Balaban J connectivity index is 2.32. The molecule has 112 valence electrons. The fourth-order valence-electron chi connectivity index (χ4n) is 2.83. The molecule has 1 aromatic heterocycles. The van der Waals surface area contributed by atoms with E-state index in [0.29, 0.717) is 10.7 Å². The summed E-state index contributed by atoms with van der Waals surface area (Å²) in [5.74, 6) is 0.0654. The molecule has 1 aliphatic heterocycles. The molecule has 2 rings (SSSR count). The Bertz CT molecular complexity index is 487. The third kappa shape index (κ3) is 2.77. The second-order valence-electron chi connectivity index (χ2n) is 6.32. The number of halogens is 1. The molecule has 20 heavy (non-hydrogen) atoms. The van der Waals surface area contributed by atoms with Crippen LogP contribution in [0.15, 0.2) is 6.20 Å². The molecule has 1 aromatic rings. The number of hydrogen-bond donors (Lipinski definition) is 0. The molecule has 4 nitrogen and oxygen atoms in total. The number of nitrogens with zero attached hydrogens (tertiary/aromatic N) is 3. The molecule has 0 unspecified atom stereocenters. The molecule has 0 atom stereocenters. The molecule has 0 saturated carbocycles. The zero-order chi connectivity index (χ0) is 14.9. The van der Waals surface area contributed by atoms with Crippen LogP contribution >= 0.6 is 11.6 Å². The number of aromatic nitrogens is 2. The summed E-state index contributed by atoms with van der Waals surface area (Å²) in [6, 6.07) is 0.124. The zero-order valence-electron chi connectivity index (χ0n) is 12.8. The normalized spacial score (nSPS) is 17.7. The summed E-state index contributed by atoms with van der Waals surface area (Å²) < 4.78 is 1.73. The van der Waals surface area contributed by atoms with Gasteiger partial charge in [0.05, 0.1) is 16.8 Å². The first-order chi connectivity index (χ1) is 9.35. The van der Waals surface area contributed by atoms with Crippen molar-refractivity contribution in [2.24, 2.45) is 0 Å². The van der Waals surface area contributed by atoms with Crippen LogP contribution in [0, 0.1) is 0 Å². The van der Waals surface area contributed by atoms with Crippen LogP contribution in [-0.4, -0.2) is 39.1 Å².